The van der Waals surface area contributed by atoms with Crippen molar-refractivity contribution in [2.24, 2.45) is 0 Å². The summed E-state index contributed by atoms with van der Waals surface area (Å²) in [6.45, 7) is 0. The van der Waals surface area contributed by atoms with Gasteiger partial charge in [-0.15, -0.1) is 11.3 Å². The van der Waals surface area contributed by atoms with Gasteiger partial charge in [-0.3, -0.25) is 14.2 Å². The molecular weight excluding hydrogens is 499 g/mol. The molecular formula is C29H18F3NO3S. The van der Waals surface area contributed by atoms with Crippen molar-refractivity contribution in [3.05, 3.63) is 99.2 Å². The molecule has 5 aromatic rings. The Bertz CT molecular complexity index is 1810. The summed E-state index contributed by atoms with van der Waals surface area (Å²) < 4.78 is 42.3. The molecule has 2 aromatic heterocycles. The van der Waals surface area contributed by atoms with Crippen LogP contribution in [-0.4, -0.2) is 21.6 Å². The van der Waals surface area contributed by atoms with E-state index in [1.807, 2.05) is 42.5 Å². The molecule has 0 spiro atoms. The van der Waals surface area contributed by atoms with Crippen molar-refractivity contribution >= 4 is 44.2 Å². The van der Waals surface area contributed by atoms with Crippen LogP contribution >= 0.6 is 11.3 Å². The first-order valence-electron chi connectivity index (χ1n) is 11.6. The first-order valence-corrected chi connectivity index (χ1v) is 12.4. The molecule has 0 saturated heterocycles. The fourth-order valence-electron chi connectivity index (χ4n) is 4.91. The molecule has 6 rings (SSSR count). The van der Waals surface area contributed by atoms with E-state index in [0.717, 1.165) is 44.4 Å². The Labute approximate surface area is 212 Å². The van der Waals surface area contributed by atoms with Crippen LogP contribution in [0.15, 0.2) is 77.6 Å². The van der Waals surface area contributed by atoms with E-state index >= 15 is 0 Å². The molecule has 0 atom stereocenters. The SMILES string of the molecule is O=C(c1c(O)c2ccc3c4c(sc3c2n(-c2cccc(-c3ccccc3)c2)c1=O)CCC=C4)C(F)(F)F. The van der Waals surface area contributed by atoms with Gasteiger partial charge in [0.25, 0.3) is 11.3 Å². The van der Waals surface area contributed by atoms with Crippen LogP contribution in [0.3, 0.4) is 0 Å². The normalized spacial score (nSPS) is 13.3. The quantitative estimate of drug-likeness (QED) is 0.256. The average molecular weight is 518 g/mol. The number of pyridine rings is 1. The fraction of sp³-hybridized carbons (Fsp3) is 0.103. The van der Waals surface area contributed by atoms with Gasteiger partial charge < -0.3 is 5.11 Å². The summed E-state index contributed by atoms with van der Waals surface area (Å²) in [6.07, 6.45) is 0.391. The van der Waals surface area contributed by atoms with Gasteiger partial charge in [-0.25, -0.2) is 0 Å². The number of benzene rings is 3. The Morgan fingerprint density at radius 2 is 1.68 bits per heavy atom. The summed E-state index contributed by atoms with van der Waals surface area (Å²) in [4.78, 5) is 27.1. The Balaban J connectivity index is 1.76. The Hall–Kier alpha value is -4.17. The lowest BCUT2D eigenvalue weighted by molar-refractivity contribution is -0.0887. The maximum atomic E-state index is 13.7. The van der Waals surface area contributed by atoms with E-state index in [-0.39, 0.29) is 10.9 Å². The van der Waals surface area contributed by atoms with Gasteiger partial charge >= 0.3 is 6.18 Å². The molecule has 0 amide bonds. The number of fused-ring (bicyclic) bond motifs is 5. The molecule has 1 aliphatic carbocycles. The second-order valence-electron chi connectivity index (χ2n) is 8.83. The van der Waals surface area contributed by atoms with E-state index < -0.39 is 28.8 Å². The zero-order chi connectivity index (χ0) is 25.9. The third kappa shape index (κ3) is 3.67. The molecule has 0 radical (unpaired) electrons. The number of hydrogen-bond acceptors (Lipinski definition) is 4. The van der Waals surface area contributed by atoms with Gasteiger partial charge in [0.2, 0.25) is 0 Å². The topological polar surface area (TPSA) is 59.3 Å². The Morgan fingerprint density at radius 3 is 2.43 bits per heavy atom. The standard InChI is InChI=1S/C29H18F3NO3S/c30-29(31,32)27(35)23-25(34)21-14-13-20-19-11-4-5-12-22(19)37-26(20)24(21)33(28(23)36)18-10-6-9-17(15-18)16-7-2-1-3-8-16/h1-4,6-11,13-15,34H,5,12H2. The molecule has 0 unspecified atom stereocenters. The molecule has 1 N–H and O–H groups in total. The molecule has 184 valence electrons. The van der Waals surface area contributed by atoms with Crippen LogP contribution in [0, 0.1) is 0 Å². The molecule has 37 heavy (non-hydrogen) atoms. The van der Waals surface area contributed by atoms with Crippen LogP contribution in [-0.2, 0) is 6.42 Å². The van der Waals surface area contributed by atoms with Crippen molar-refractivity contribution in [3.63, 3.8) is 0 Å². The molecule has 0 saturated carbocycles. The van der Waals surface area contributed by atoms with E-state index in [4.69, 9.17) is 0 Å². The number of aromatic nitrogens is 1. The monoisotopic (exact) mass is 517 g/mol. The number of thiophene rings is 1. The highest BCUT2D eigenvalue weighted by Crippen LogP contribution is 2.43. The smallest absolute Gasteiger partial charge is 0.455 e. The summed E-state index contributed by atoms with van der Waals surface area (Å²) in [7, 11) is 0. The van der Waals surface area contributed by atoms with Gasteiger partial charge in [-0.1, -0.05) is 60.7 Å². The lowest BCUT2D eigenvalue weighted by atomic mass is 10.00. The third-order valence-corrected chi connectivity index (χ3v) is 7.89. The van der Waals surface area contributed by atoms with Gasteiger partial charge in [0.05, 0.1) is 10.2 Å². The molecule has 2 heterocycles. The number of carbonyl (C=O) groups excluding carboxylic acids is 1. The number of nitrogens with zero attached hydrogens (tertiary/aromatic N) is 1. The molecule has 0 fully saturated rings. The number of aromatic hydroxyl groups is 1. The van der Waals surface area contributed by atoms with Crippen LogP contribution in [0.2, 0.25) is 0 Å². The molecule has 4 nitrogen and oxygen atoms in total. The van der Waals surface area contributed by atoms with Gasteiger partial charge in [0.1, 0.15) is 11.3 Å². The number of halogens is 3. The number of aryl methyl sites for hydroxylation is 1. The average Bonchev–Trinajstić information content (AvgIpc) is 3.28. The molecule has 0 bridgehead atoms. The van der Waals surface area contributed by atoms with Crippen molar-refractivity contribution in [1.82, 2.24) is 4.57 Å². The second-order valence-corrected chi connectivity index (χ2v) is 9.93. The summed E-state index contributed by atoms with van der Waals surface area (Å²) in [5, 5.41) is 11.7. The number of allylic oxidation sites excluding steroid dienone is 1. The van der Waals surface area contributed by atoms with E-state index in [2.05, 4.69) is 6.08 Å². The number of alkyl halides is 3. The van der Waals surface area contributed by atoms with Gasteiger partial charge in [-0.05, 0) is 47.7 Å². The van der Waals surface area contributed by atoms with Crippen LogP contribution in [0.25, 0.3) is 43.9 Å². The summed E-state index contributed by atoms with van der Waals surface area (Å²) in [5.41, 5.74) is 0.668. The van der Waals surface area contributed by atoms with Gasteiger partial charge in [0.15, 0.2) is 0 Å². The first kappa shape index (κ1) is 23.2. The van der Waals surface area contributed by atoms with Crippen molar-refractivity contribution in [2.75, 3.05) is 0 Å². The van der Waals surface area contributed by atoms with Crippen LogP contribution in [0.1, 0.15) is 27.2 Å². The Kier molecular flexibility index (Phi) is 5.31. The number of Topliss-reactive ketones (excluding diaryl/α,β-unsaturated/α-hetero) is 1. The van der Waals surface area contributed by atoms with Crippen molar-refractivity contribution in [2.45, 2.75) is 19.0 Å². The molecule has 0 aliphatic heterocycles. The lowest BCUT2D eigenvalue weighted by Crippen LogP contribution is -2.33. The summed E-state index contributed by atoms with van der Waals surface area (Å²) >= 11 is 1.45. The molecule has 1 aliphatic rings. The third-order valence-electron chi connectivity index (χ3n) is 6.60. The van der Waals surface area contributed by atoms with E-state index in [9.17, 15) is 27.9 Å². The largest absolute Gasteiger partial charge is 0.506 e. The minimum absolute atomic E-state index is 0.00684. The number of rotatable bonds is 3. The van der Waals surface area contributed by atoms with Crippen LogP contribution in [0.4, 0.5) is 13.2 Å². The zero-order valence-electron chi connectivity index (χ0n) is 19.2. The number of carbonyl (C=O) groups is 1. The number of ketones is 1. The maximum absolute atomic E-state index is 13.7. The minimum Gasteiger partial charge on any atom is -0.506 e. The fourth-order valence-corrected chi connectivity index (χ4v) is 6.25. The second kappa shape index (κ2) is 8.45. The molecule has 3 aromatic carbocycles. The Morgan fingerprint density at radius 1 is 0.946 bits per heavy atom. The van der Waals surface area contributed by atoms with Crippen LogP contribution in [0.5, 0.6) is 5.75 Å². The van der Waals surface area contributed by atoms with Crippen molar-refractivity contribution in [3.8, 4) is 22.6 Å². The predicted octanol–water partition coefficient (Wildman–Crippen LogP) is 7.28. The van der Waals surface area contributed by atoms with E-state index in [1.54, 1.807) is 24.3 Å². The number of hydrogen-bond donors (Lipinski definition) is 1. The van der Waals surface area contributed by atoms with Gasteiger partial charge in [0, 0.05) is 21.3 Å². The minimum atomic E-state index is -5.33. The highest BCUT2D eigenvalue weighted by Gasteiger charge is 2.43. The molecule has 8 heteroatoms. The first-order chi connectivity index (χ1) is 17.8. The highest BCUT2D eigenvalue weighted by molar-refractivity contribution is 7.20. The summed E-state index contributed by atoms with van der Waals surface area (Å²) in [6, 6.07) is 19.4. The highest BCUT2D eigenvalue weighted by atomic mass is 32.1. The maximum Gasteiger partial charge on any atom is 0.455 e. The predicted molar refractivity (Wildman–Crippen MR) is 140 cm³/mol. The van der Waals surface area contributed by atoms with E-state index in [0.29, 0.717) is 10.4 Å². The van der Waals surface area contributed by atoms with Crippen LogP contribution < -0.4 is 5.56 Å². The zero-order valence-corrected chi connectivity index (χ0v) is 20.0. The van der Waals surface area contributed by atoms with Crippen molar-refractivity contribution < 1.29 is 23.1 Å². The van der Waals surface area contributed by atoms with E-state index in [1.165, 1.54) is 17.4 Å². The van der Waals surface area contributed by atoms with Crippen molar-refractivity contribution in [1.29, 1.82) is 0 Å². The summed E-state index contributed by atoms with van der Waals surface area (Å²) in [5.74, 6) is -3.33. The lowest BCUT2D eigenvalue weighted by Gasteiger charge is -2.17. The van der Waals surface area contributed by atoms with Gasteiger partial charge in [-0.2, -0.15) is 13.2 Å².